The lowest BCUT2D eigenvalue weighted by atomic mass is 10.3. The highest BCUT2D eigenvalue weighted by atomic mass is 16.3. The maximum atomic E-state index is 8.87. The van der Waals surface area contributed by atoms with Crippen LogP contribution in [0.4, 0.5) is 0 Å². The largest absolute Gasteiger partial charge is 0.394 e. The summed E-state index contributed by atoms with van der Waals surface area (Å²) in [6.45, 7) is 0.738. The number of aromatic nitrogens is 1. The van der Waals surface area contributed by atoms with E-state index >= 15 is 0 Å². The number of nitrogens with zero attached hydrogens (tertiary/aromatic N) is 2. The average Bonchev–Trinajstić information content (AvgIpc) is 2.67. The molecule has 2 N–H and O–H groups in total. The molecule has 4 heteroatoms. The SMILES string of the molecule is OCC1CN=C(c2ccccn2)N1. The van der Waals surface area contributed by atoms with Gasteiger partial charge < -0.3 is 10.4 Å². The fourth-order valence-electron chi connectivity index (χ4n) is 1.25. The molecule has 1 aliphatic rings. The van der Waals surface area contributed by atoms with E-state index in [4.69, 9.17) is 5.11 Å². The molecular weight excluding hydrogens is 166 g/mol. The third-order valence-corrected chi connectivity index (χ3v) is 1.94. The van der Waals surface area contributed by atoms with Crippen LogP contribution in [0.2, 0.25) is 0 Å². The Labute approximate surface area is 76.3 Å². The lowest BCUT2D eigenvalue weighted by Crippen LogP contribution is -2.33. The lowest BCUT2D eigenvalue weighted by Gasteiger charge is -2.06. The topological polar surface area (TPSA) is 57.5 Å². The van der Waals surface area contributed by atoms with Crippen molar-refractivity contribution in [1.29, 1.82) is 0 Å². The smallest absolute Gasteiger partial charge is 0.147 e. The summed E-state index contributed by atoms with van der Waals surface area (Å²) in [5.41, 5.74) is 0.832. The Morgan fingerprint density at radius 1 is 1.54 bits per heavy atom. The van der Waals surface area contributed by atoms with E-state index in [0.29, 0.717) is 6.54 Å². The maximum Gasteiger partial charge on any atom is 0.147 e. The molecule has 0 aliphatic carbocycles. The first-order valence-corrected chi connectivity index (χ1v) is 4.23. The zero-order valence-electron chi connectivity index (χ0n) is 7.14. The van der Waals surface area contributed by atoms with Crippen LogP contribution < -0.4 is 5.32 Å². The van der Waals surface area contributed by atoms with Gasteiger partial charge in [-0.2, -0.15) is 0 Å². The van der Waals surface area contributed by atoms with Crippen LogP contribution in [0.25, 0.3) is 0 Å². The predicted molar refractivity (Wildman–Crippen MR) is 49.7 cm³/mol. The van der Waals surface area contributed by atoms with Gasteiger partial charge in [-0.3, -0.25) is 9.98 Å². The number of aliphatic hydroxyl groups is 1. The van der Waals surface area contributed by atoms with Gasteiger partial charge in [0.15, 0.2) is 0 Å². The van der Waals surface area contributed by atoms with Crippen LogP contribution in [-0.2, 0) is 0 Å². The van der Waals surface area contributed by atoms with Gasteiger partial charge in [0, 0.05) is 6.20 Å². The molecule has 68 valence electrons. The van der Waals surface area contributed by atoms with Crippen molar-refractivity contribution in [3.8, 4) is 0 Å². The molecular formula is C9H11N3O. The van der Waals surface area contributed by atoms with Crippen LogP contribution in [0.5, 0.6) is 0 Å². The van der Waals surface area contributed by atoms with Gasteiger partial charge in [-0.1, -0.05) is 6.07 Å². The van der Waals surface area contributed by atoms with Crippen molar-refractivity contribution in [1.82, 2.24) is 10.3 Å². The molecule has 2 heterocycles. The highest BCUT2D eigenvalue weighted by molar-refractivity contribution is 5.98. The summed E-state index contributed by atoms with van der Waals surface area (Å²) < 4.78 is 0. The quantitative estimate of drug-likeness (QED) is 0.657. The van der Waals surface area contributed by atoms with Gasteiger partial charge in [0.2, 0.25) is 0 Å². The Morgan fingerprint density at radius 3 is 3.08 bits per heavy atom. The van der Waals surface area contributed by atoms with Crippen LogP contribution in [0.15, 0.2) is 29.4 Å². The average molecular weight is 177 g/mol. The number of amidine groups is 1. The molecule has 0 fully saturated rings. The van der Waals surface area contributed by atoms with Crippen LogP contribution in [0.3, 0.4) is 0 Å². The first-order chi connectivity index (χ1) is 6.40. The Hall–Kier alpha value is -1.42. The van der Waals surface area contributed by atoms with Crippen molar-refractivity contribution in [2.45, 2.75) is 6.04 Å². The fourth-order valence-corrected chi connectivity index (χ4v) is 1.25. The number of aliphatic imine (C=N–C) groups is 1. The number of hydrogen-bond acceptors (Lipinski definition) is 4. The van der Waals surface area contributed by atoms with Gasteiger partial charge in [0.25, 0.3) is 0 Å². The summed E-state index contributed by atoms with van der Waals surface area (Å²) in [5, 5.41) is 12.0. The van der Waals surface area contributed by atoms with Crippen molar-refractivity contribution in [3.63, 3.8) is 0 Å². The summed E-state index contributed by atoms with van der Waals surface area (Å²) >= 11 is 0. The molecule has 2 rings (SSSR count). The van der Waals surface area contributed by atoms with E-state index in [1.54, 1.807) is 6.20 Å². The highest BCUT2D eigenvalue weighted by Gasteiger charge is 2.17. The van der Waals surface area contributed by atoms with Gasteiger partial charge in [-0.25, -0.2) is 0 Å². The zero-order chi connectivity index (χ0) is 9.10. The Balaban J connectivity index is 2.12. The lowest BCUT2D eigenvalue weighted by molar-refractivity contribution is 0.263. The van der Waals surface area contributed by atoms with Gasteiger partial charge in [0.1, 0.15) is 11.5 Å². The third kappa shape index (κ3) is 1.67. The van der Waals surface area contributed by atoms with Crippen molar-refractivity contribution in [3.05, 3.63) is 30.1 Å². The molecule has 0 saturated carbocycles. The minimum absolute atomic E-state index is 0.0528. The van der Waals surface area contributed by atoms with Gasteiger partial charge in [-0.15, -0.1) is 0 Å². The fraction of sp³-hybridized carbons (Fsp3) is 0.333. The van der Waals surface area contributed by atoms with E-state index in [-0.39, 0.29) is 12.6 Å². The normalized spacial score (nSPS) is 21.0. The predicted octanol–water partition coefficient (Wildman–Crippen LogP) is -0.208. The van der Waals surface area contributed by atoms with Crippen molar-refractivity contribution in [2.24, 2.45) is 4.99 Å². The summed E-state index contributed by atoms with van der Waals surface area (Å²) in [7, 11) is 0. The van der Waals surface area contributed by atoms with Gasteiger partial charge in [0.05, 0.1) is 19.2 Å². The van der Waals surface area contributed by atoms with E-state index in [0.717, 1.165) is 11.5 Å². The van der Waals surface area contributed by atoms with E-state index in [1.807, 2.05) is 18.2 Å². The minimum atomic E-state index is 0.0528. The molecule has 13 heavy (non-hydrogen) atoms. The Kier molecular flexibility index (Phi) is 2.23. The van der Waals surface area contributed by atoms with Gasteiger partial charge >= 0.3 is 0 Å². The zero-order valence-corrected chi connectivity index (χ0v) is 7.14. The second-order valence-electron chi connectivity index (χ2n) is 2.93. The van der Waals surface area contributed by atoms with Crippen LogP contribution in [-0.4, -0.2) is 35.1 Å². The standard InChI is InChI=1S/C9H11N3O/c13-6-7-5-11-9(12-7)8-3-1-2-4-10-8/h1-4,7,13H,5-6H2,(H,11,12). The minimum Gasteiger partial charge on any atom is -0.394 e. The van der Waals surface area contributed by atoms with Crippen LogP contribution >= 0.6 is 0 Å². The number of nitrogens with one attached hydrogen (secondary N) is 1. The van der Waals surface area contributed by atoms with E-state index < -0.39 is 0 Å². The van der Waals surface area contributed by atoms with Gasteiger partial charge in [-0.05, 0) is 12.1 Å². The second kappa shape index (κ2) is 3.53. The van der Waals surface area contributed by atoms with Crippen molar-refractivity contribution < 1.29 is 5.11 Å². The number of rotatable bonds is 2. The van der Waals surface area contributed by atoms with Crippen molar-refractivity contribution >= 4 is 5.84 Å². The summed E-state index contributed by atoms with van der Waals surface area (Å²) in [6.07, 6.45) is 1.73. The first-order valence-electron chi connectivity index (χ1n) is 4.23. The molecule has 1 atom stereocenters. The van der Waals surface area contributed by atoms with Crippen molar-refractivity contribution in [2.75, 3.05) is 13.2 Å². The molecule has 0 radical (unpaired) electrons. The second-order valence-corrected chi connectivity index (χ2v) is 2.93. The van der Waals surface area contributed by atoms with Crippen LogP contribution in [0, 0.1) is 0 Å². The number of pyridine rings is 1. The molecule has 4 nitrogen and oxygen atoms in total. The van der Waals surface area contributed by atoms with E-state index in [2.05, 4.69) is 15.3 Å². The number of aliphatic hydroxyl groups excluding tert-OH is 1. The highest BCUT2D eigenvalue weighted by Crippen LogP contribution is 2.02. The summed E-state index contributed by atoms with van der Waals surface area (Å²) in [5.74, 6) is 0.777. The molecule has 1 unspecified atom stereocenters. The third-order valence-electron chi connectivity index (χ3n) is 1.94. The molecule has 0 aromatic carbocycles. The van der Waals surface area contributed by atoms with E-state index in [9.17, 15) is 0 Å². The van der Waals surface area contributed by atoms with Crippen LogP contribution in [0.1, 0.15) is 5.69 Å². The Morgan fingerprint density at radius 2 is 2.46 bits per heavy atom. The maximum absolute atomic E-state index is 8.87. The molecule has 1 aromatic rings. The molecule has 0 saturated heterocycles. The molecule has 1 aliphatic heterocycles. The summed E-state index contributed by atoms with van der Waals surface area (Å²) in [4.78, 5) is 8.40. The molecule has 0 amide bonds. The monoisotopic (exact) mass is 177 g/mol. The first kappa shape index (κ1) is 8.19. The molecule has 1 aromatic heterocycles. The van der Waals surface area contributed by atoms with E-state index in [1.165, 1.54) is 0 Å². The molecule has 0 bridgehead atoms. The summed E-state index contributed by atoms with van der Waals surface area (Å²) in [6, 6.07) is 5.73. The molecule has 0 spiro atoms. The Bertz CT molecular complexity index is 310. The number of hydrogen-bond donors (Lipinski definition) is 2.